The Labute approximate surface area is 109 Å². The average molecular weight is 243 g/mol. The third-order valence-electron chi connectivity index (χ3n) is 3.04. The highest BCUT2D eigenvalue weighted by Gasteiger charge is 2.01. The molecule has 3 heteroatoms. The van der Waals surface area contributed by atoms with Crippen LogP contribution in [0.1, 0.15) is 26.2 Å². The maximum absolute atomic E-state index is 5.73. The molecule has 1 unspecified atom stereocenters. The van der Waals surface area contributed by atoms with Crippen LogP contribution in [0, 0.1) is 0 Å². The topological polar surface area (TPSA) is 43.8 Å². The van der Waals surface area contributed by atoms with E-state index in [2.05, 4.69) is 42.5 Å². The van der Waals surface area contributed by atoms with Crippen LogP contribution in [0.4, 0.5) is 0 Å². The zero-order chi connectivity index (χ0) is 12.8. The van der Waals surface area contributed by atoms with Gasteiger partial charge in [0.1, 0.15) is 0 Å². The van der Waals surface area contributed by atoms with Crippen LogP contribution in [0.3, 0.4) is 0 Å². The van der Waals surface area contributed by atoms with Gasteiger partial charge in [-0.3, -0.25) is 4.68 Å². The summed E-state index contributed by atoms with van der Waals surface area (Å²) in [5.74, 6) is 0. The van der Waals surface area contributed by atoms with Crippen LogP contribution in [0.2, 0.25) is 0 Å². The Kier molecular flexibility index (Phi) is 4.53. The first-order chi connectivity index (χ1) is 8.75. The zero-order valence-electron chi connectivity index (χ0n) is 10.9. The Hall–Kier alpha value is -1.61. The number of aryl methyl sites for hydroxylation is 1. The monoisotopic (exact) mass is 243 g/mol. The minimum absolute atomic E-state index is 0.308. The van der Waals surface area contributed by atoms with Crippen molar-refractivity contribution in [3.63, 3.8) is 0 Å². The third kappa shape index (κ3) is 3.70. The number of benzene rings is 1. The fourth-order valence-corrected chi connectivity index (χ4v) is 2.01. The standard InChI is InChI=1S/C15H21N3/c1-13(16)7-5-6-10-18-12-15(11-17-18)14-8-3-2-4-9-14/h2-4,8-9,11-13H,5-7,10,16H2,1H3. The van der Waals surface area contributed by atoms with Crippen molar-refractivity contribution in [3.05, 3.63) is 42.7 Å². The van der Waals surface area contributed by atoms with Crippen LogP contribution >= 0.6 is 0 Å². The van der Waals surface area contributed by atoms with Crippen molar-refractivity contribution in [2.45, 2.75) is 38.8 Å². The van der Waals surface area contributed by atoms with Gasteiger partial charge in [0, 0.05) is 24.3 Å². The van der Waals surface area contributed by atoms with Crippen LogP contribution in [0.25, 0.3) is 11.1 Å². The van der Waals surface area contributed by atoms with E-state index in [4.69, 9.17) is 5.73 Å². The van der Waals surface area contributed by atoms with Crippen molar-refractivity contribution < 1.29 is 0 Å². The molecule has 18 heavy (non-hydrogen) atoms. The summed E-state index contributed by atoms with van der Waals surface area (Å²) in [6.07, 6.45) is 7.44. The predicted octanol–water partition coefficient (Wildman–Crippen LogP) is 3.07. The number of nitrogens with zero attached hydrogens (tertiary/aromatic N) is 2. The lowest BCUT2D eigenvalue weighted by Crippen LogP contribution is -2.14. The lowest BCUT2D eigenvalue weighted by molar-refractivity contribution is 0.521. The summed E-state index contributed by atoms with van der Waals surface area (Å²) in [4.78, 5) is 0. The van der Waals surface area contributed by atoms with Gasteiger partial charge in [-0.2, -0.15) is 5.10 Å². The molecule has 0 aliphatic rings. The zero-order valence-corrected chi connectivity index (χ0v) is 10.9. The Bertz CT molecular complexity index is 460. The van der Waals surface area contributed by atoms with Gasteiger partial charge in [0.25, 0.3) is 0 Å². The first-order valence-corrected chi connectivity index (χ1v) is 6.59. The molecule has 2 aromatic rings. The van der Waals surface area contributed by atoms with Gasteiger partial charge in [0.15, 0.2) is 0 Å². The fourth-order valence-electron chi connectivity index (χ4n) is 2.01. The summed E-state index contributed by atoms with van der Waals surface area (Å²) < 4.78 is 2.02. The van der Waals surface area contributed by atoms with E-state index in [0.717, 1.165) is 25.8 Å². The van der Waals surface area contributed by atoms with Gasteiger partial charge in [-0.15, -0.1) is 0 Å². The number of aromatic nitrogens is 2. The Morgan fingerprint density at radius 1 is 1.17 bits per heavy atom. The van der Waals surface area contributed by atoms with Crippen LogP contribution in [0.5, 0.6) is 0 Å². The molecule has 1 heterocycles. The second-order valence-corrected chi connectivity index (χ2v) is 4.83. The molecule has 2 N–H and O–H groups in total. The van der Waals surface area contributed by atoms with Crippen molar-refractivity contribution in [1.82, 2.24) is 9.78 Å². The van der Waals surface area contributed by atoms with Crippen LogP contribution in [-0.2, 0) is 6.54 Å². The number of rotatable bonds is 6. The number of hydrogen-bond donors (Lipinski definition) is 1. The molecule has 0 aliphatic carbocycles. The van der Waals surface area contributed by atoms with Crippen molar-refractivity contribution >= 4 is 0 Å². The maximum atomic E-state index is 5.73. The predicted molar refractivity (Wildman–Crippen MR) is 75.2 cm³/mol. The molecule has 0 bridgehead atoms. The molecular formula is C15H21N3. The molecule has 0 fully saturated rings. The molecule has 1 aromatic carbocycles. The van der Waals surface area contributed by atoms with E-state index in [0.29, 0.717) is 6.04 Å². The van der Waals surface area contributed by atoms with Crippen LogP contribution in [0.15, 0.2) is 42.7 Å². The Morgan fingerprint density at radius 3 is 2.67 bits per heavy atom. The van der Waals surface area contributed by atoms with Gasteiger partial charge in [0.2, 0.25) is 0 Å². The van der Waals surface area contributed by atoms with Gasteiger partial charge < -0.3 is 5.73 Å². The minimum atomic E-state index is 0.308. The van der Waals surface area contributed by atoms with Gasteiger partial charge in [-0.25, -0.2) is 0 Å². The lowest BCUT2D eigenvalue weighted by atomic mass is 10.1. The molecule has 1 aromatic heterocycles. The highest BCUT2D eigenvalue weighted by molar-refractivity contribution is 5.61. The van der Waals surface area contributed by atoms with Crippen LogP contribution < -0.4 is 5.73 Å². The van der Waals surface area contributed by atoms with E-state index in [-0.39, 0.29) is 0 Å². The first-order valence-electron chi connectivity index (χ1n) is 6.59. The SMILES string of the molecule is CC(N)CCCCn1cc(-c2ccccc2)cn1. The molecule has 2 rings (SSSR count). The summed E-state index contributed by atoms with van der Waals surface area (Å²) in [6, 6.07) is 10.7. The summed E-state index contributed by atoms with van der Waals surface area (Å²) >= 11 is 0. The van der Waals surface area contributed by atoms with Gasteiger partial charge in [-0.05, 0) is 25.3 Å². The quantitative estimate of drug-likeness (QED) is 0.792. The number of hydrogen-bond acceptors (Lipinski definition) is 2. The van der Waals surface area contributed by atoms with E-state index >= 15 is 0 Å². The van der Waals surface area contributed by atoms with Gasteiger partial charge in [0.05, 0.1) is 6.20 Å². The van der Waals surface area contributed by atoms with E-state index in [9.17, 15) is 0 Å². The highest BCUT2D eigenvalue weighted by atomic mass is 15.3. The molecule has 96 valence electrons. The summed E-state index contributed by atoms with van der Waals surface area (Å²) in [6.45, 7) is 3.03. The molecule has 3 nitrogen and oxygen atoms in total. The molecule has 0 aliphatic heterocycles. The fraction of sp³-hybridized carbons (Fsp3) is 0.400. The van der Waals surface area contributed by atoms with Crippen molar-refractivity contribution in [3.8, 4) is 11.1 Å². The average Bonchev–Trinajstić information content (AvgIpc) is 2.84. The smallest absolute Gasteiger partial charge is 0.0568 e. The molecule has 0 saturated heterocycles. The van der Waals surface area contributed by atoms with E-state index in [1.165, 1.54) is 11.1 Å². The van der Waals surface area contributed by atoms with Crippen molar-refractivity contribution in [2.75, 3.05) is 0 Å². The largest absolute Gasteiger partial charge is 0.328 e. The summed E-state index contributed by atoms with van der Waals surface area (Å²) in [5, 5.41) is 4.39. The summed E-state index contributed by atoms with van der Waals surface area (Å²) in [5.41, 5.74) is 8.13. The van der Waals surface area contributed by atoms with Crippen molar-refractivity contribution in [1.29, 1.82) is 0 Å². The van der Waals surface area contributed by atoms with E-state index in [1.54, 1.807) is 0 Å². The van der Waals surface area contributed by atoms with Gasteiger partial charge in [-0.1, -0.05) is 36.8 Å². The molecule has 0 amide bonds. The van der Waals surface area contributed by atoms with Gasteiger partial charge >= 0.3 is 0 Å². The molecule has 0 spiro atoms. The van der Waals surface area contributed by atoms with Crippen molar-refractivity contribution in [2.24, 2.45) is 5.73 Å². The maximum Gasteiger partial charge on any atom is 0.0568 e. The van der Waals surface area contributed by atoms with E-state index in [1.807, 2.05) is 16.9 Å². The lowest BCUT2D eigenvalue weighted by Gasteiger charge is -2.04. The first kappa shape index (κ1) is 12.8. The second-order valence-electron chi connectivity index (χ2n) is 4.83. The van der Waals surface area contributed by atoms with E-state index < -0.39 is 0 Å². The minimum Gasteiger partial charge on any atom is -0.328 e. The highest BCUT2D eigenvalue weighted by Crippen LogP contribution is 2.17. The number of unbranched alkanes of at least 4 members (excludes halogenated alkanes) is 1. The second kappa shape index (κ2) is 6.36. The third-order valence-corrected chi connectivity index (χ3v) is 3.04. The molecule has 0 saturated carbocycles. The Balaban J connectivity index is 1.87. The Morgan fingerprint density at radius 2 is 1.94 bits per heavy atom. The number of nitrogens with two attached hydrogens (primary N) is 1. The summed E-state index contributed by atoms with van der Waals surface area (Å²) in [7, 11) is 0. The normalized spacial score (nSPS) is 12.6. The molecular weight excluding hydrogens is 222 g/mol. The molecule has 1 atom stereocenters. The van der Waals surface area contributed by atoms with Crippen LogP contribution in [-0.4, -0.2) is 15.8 Å². The molecule has 0 radical (unpaired) electrons.